The molecule has 0 saturated carbocycles. The maximum absolute atomic E-state index is 3.75. The molecule has 0 unspecified atom stereocenters. The number of benzene rings is 3. The van der Waals surface area contributed by atoms with Crippen LogP contribution in [0.5, 0.6) is 0 Å². The second kappa shape index (κ2) is 6.43. The molecule has 0 saturated heterocycles. The van der Waals surface area contributed by atoms with E-state index in [9.17, 15) is 0 Å². The van der Waals surface area contributed by atoms with Crippen molar-refractivity contribution in [2.24, 2.45) is 0 Å². The van der Waals surface area contributed by atoms with Crippen molar-refractivity contribution in [1.82, 2.24) is 0 Å². The minimum absolute atomic E-state index is 1.19. The number of hydrogen-bond donors (Lipinski definition) is 1. The molecule has 1 nitrogen and oxygen atoms in total. The van der Waals surface area contributed by atoms with Gasteiger partial charge in [0.1, 0.15) is 0 Å². The summed E-state index contributed by atoms with van der Waals surface area (Å²) in [6.07, 6.45) is 0. The van der Waals surface area contributed by atoms with Gasteiger partial charge in [0.25, 0.3) is 0 Å². The lowest BCUT2D eigenvalue weighted by atomic mass is 10.3. The summed E-state index contributed by atoms with van der Waals surface area (Å²) in [4.78, 5) is 0. The van der Waals surface area contributed by atoms with Gasteiger partial charge in [-0.1, -0.05) is 87.7 Å². The lowest BCUT2D eigenvalue weighted by Crippen LogP contribution is -2.49. The zero-order valence-electron chi connectivity index (χ0n) is 11.2. The van der Waals surface area contributed by atoms with E-state index in [0.29, 0.717) is 0 Å². The summed E-state index contributed by atoms with van der Waals surface area (Å²) in [5, 5.41) is 0. The minimum atomic E-state index is -1.43. The van der Waals surface area contributed by atoms with E-state index < -0.39 is 14.4 Å². The fraction of sp³-hybridized carbons (Fsp3) is 0. The van der Waals surface area contributed by atoms with Gasteiger partial charge in [-0.2, -0.15) is 0 Å². The molecule has 0 aliphatic carbocycles. The Bertz CT molecular complexity index is 599. The van der Waals surface area contributed by atoms with E-state index in [1.54, 1.807) is 0 Å². The van der Waals surface area contributed by atoms with Crippen molar-refractivity contribution in [3.63, 3.8) is 0 Å². The van der Waals surface area contributed by atoms with Crippen LogP contribution in [0.1, 0.15) is 0 Å². The Hall–Kier alpha value is -2.01. The van der Waals surface area contributed by atoms with Gasteiger partial charge in [-0.25, -0.2) is 0 Å². The summed E-state index contributed by atoms with van der Waals surface area (Å²) in [6.45, 7) is 0. The Morgan fingerprint density at radius 1 is 0.500 bits per heavy atom. The van der Waals surface area contributed by atoms with E-state index in [0.717, 1.165) is 0 Å². The standard InChI is InChI=1S/C6H6N.2C6H5.Al/c7-6-4-2-1-3-5-6;2*1-2-4-6-5-3-1;/h1-5,7H;2*1-5H;/q-1;;;+1. The van der Waals surface area contributed by atoms with Gasteiger partial charge in [-0.3, -0.25) is 0 Å². The summed E-state index contributed by atoms with van der Waals surface area (Å²) in [5.74, 6) is 0. The first kappa shape index (κ1) is 13.0. The molecular weight excluding hydrogens is 257 g/mol. The van der Waals surface area contributed by atoms with Gasteiger partial charge in [-0.15, -0.1) is 0 Å². The Morgan fingerprint density at radius 3 is 1.35 bits per heavy atom. The van der Waals surface area contributed by atoms with E-state index in [2.05, 4.69) is 89.2 Å². The zero-order chi connectivity index (χ0) is 13.6. The maximum Gasteiger partial charge on any atom is 0.493 e. The quantitative estimate of drug-likeness (QED) is 0.721. The van der Waals surface area contributed by atoms with E-state index in [1.165, 1.54) is 14.5 Å². The maximum atomic E-state index is 3.75. The van der Waals surface area contributed by atoms with Crippen molar-refractivity contribution in [2.45, 2.75) is 0 Å². The van der Waals surface area contributed by atoms with Gasteiger partial charge in [-0.05, 0) is 12.1 Å². The number of anilines is 1. The van der Waals surface area contributed by atoms with E-state index in [1.807, 2.05) is 6.07 Å². The first-order valence-corrected chi connectivity index (χ1v) is 8.58. The molecule has 0 aliphatic heterocycles. The molecule has 0 aliphatic rings. The van der Waals surface area contributed by atoms with Crippen molar-refractivity contribution in [3.8, 4) is 0 Å². The molecule has 3 aromatic rings. The van der Waals surface area contributed by atoms with Gasteiger partial charge in [0.05, 0.1) is 0 Å². The molecule has 0 amide bonds. The van der Waals surface area contributed by atoms with Crippen LogP contribution >= 0.6 is 0 Å². The average Bonchev–Trinajstić information content (AvgIpc) is 2.55. The van der Waals surface area contributed by atoms with Crippen LogP contribution in [0.2, 0.25) is 0 Å². The highest BCUT2D eigenvalue weighted by Crippen LogP contribution is 2.06. The SMILES string of the molecule is c1ccc([NH][Al]([c]2ccccc2)[c]2ccccc2)cc1. The third-order valence-corrected chi connectivity index (χ3v) is 6.08. The molecule has 96 valence electrons. The van der Waals surface area contributed by atoms with E-state index >= 15 is 0 Å². The average molecular weight is 273 g/mol. The second-order valence-corrected chi connectivity index (χ2v) is 7.25. The van der Waals surface area contributed by atoms with Crippen LogP contribution in [0.15, 0.2) is 91.0 Å². The van der Waals surface area contributed by atoms with Gasteiger partial charge >= 0.3 is 14.4 Å². The van der Waals surface area contributed by atoms with Crippen molar-refractivity contribution >= 4 is 28.9 Å². The highest BCUT2D eigenvalue weighted by molar-refractivity contribution is 6.87. The van der Waals surface area contributed by atoms with Gasteiger partial charge in [0.15, 0.2) is 0 Å². The van der Waals surface area contributed by atoms with Crippen LogP contribution in [0.4, 0.5) is 5.69 Å². The van der Waals surface area contributed by atoms with Crippen molar-refractivity contribution in [3.05, 3.63) is 91.0 Å². The van der Waals surface area contributed by atoms with Crippen molar-refractivity contribution < 1.29 is 0 Å². The predicted molar refractivity (Wildman–Crippen MR) is 88.0 cm³/mol. The summed E-state index contributed by atoms with van der Waals surface area (Å²) in [6, 6.07) is 32.0. The molecule has 0 heterocycles. The summed E-state index contributed by atoms with van der Waals surface area (Å²) < 4.78 is 6.56. The number of nitrogens with one attached hydrogen (secondary N) is 1. The number of para-hydroxylation sites is 1. The second-order valence-electron chi connectivity index (χ2n) is 4.76. The molecule has 0 aromatic heterocycles. The van der Waals surface area contributed by atoms with E-state index in [4.69, 9.17) is 0 Å². The molecule has 0 bridgehead atoms. The van der Waals surface area contributed by atoms with Crippen LogP contribution in [-0.2, 0) is 0 Å². The van der Waals surface area contributed by atoms with Gasteiger partial charge < -0.3 is 4.30 Å². The van der Waals surface area contributed by atoms with Crippen LogP contribution in [0.25, 0.3) is 0 Å². The topological polar surface area (TPSA) is 12.0 Å². The predicted octanol–water partition coefficient (Wildman–Crippen LogP) is 2.90. The number of rotatable bonds is 4. The Kier molecular flexibility index (Phi) is 4.18. The molecule has 1 N–H and O–H groups in total. The summed E-state index contributed by atoms with van der Waals surface area (Å²) >= 11 is -1.43. The smallest absolute Gasteiger partial charge is 0.469 e. The lowest BCUT2D eigenvalue weighted by Gasteiger charge is -2.15. The van der Waals surface area contributed by atoms with Gasteiger partial charge in [0.2, 0.25) is 0 Å². The monoisotopic (exact) mass is 273 g/mol. The van der Waals surface area contributed by atoms with E-state index in [-0.39, 0.29) is 0 Å². The summed E-state index contributed by atoms with van der Waals surface area (Å²) in [7, 11) is 0. The van der Waals surface area contributed by atoms with Crippen molar-refractivity contribution in [2.75, 3.05) is 4.30 Å². The normalized spacial score (nSPS) is 10.0. The minimum Gasteiger partial charge on any atom is -0.469 e. The molecule has 0 fully saturated rings. The third-order valence-electron chi connectivity index (χ3n) is 3.35. The fourth-order valence-electron chi connectivity index (χ4n) is 2.35. The Labute approximate surface area is 124 Å². The molecule has 0 radical (unpaired) electrons. The first-order chi connectivity index (χ1) is 9.93. The van der Waals surface area contributed by atoms with Crippen LogP contribution in [0, 0.1) is 0 Å². The largest absolute Gasteiger partial charge is 0.493 e. The van der Waals surface area contributed by atoms with Crippen molar-refractivity contribution in [1.29, 1.82) is 0 Å². The summed E-state index contributed by atoms with van der Waals surface area (Å²) in [5.41, 5.74) is 1.19. The van der Waals surface area contributed by atoms with Crippen LogP contribution < -0.4 is 13.2 Å². The molecule has 0 atom stereocenters. The van der Waals surface area contributed by atoms with Gasteiger partial charge in [0, 0.05) is 5.69 Å². The molecule has 20 heavy (non-hydrogen) atoms. The zero-order valence-corrected chi connectivity index (χ0v) is 12.4. The molecule has 3 aromatic carbocycles. The molecule has 3 rings (SSSR count). The Balaban J connectivity index is 1.96. The Morgan fingerprint density at radius 2 is 0.900 bits per heavy atom. The number of hydrogen-bond acceptors (Lipinski definition) is 1. The molecular formula is C18H16AlN. The fourth-order valence-corrected chi connectivity index (χ4v) is 4.81. The highest BCUT2D eigenvalue weighted by Gasteiger charge is 2.24. The lowest BCUT2D eigenvalue weighted by molar-refractivity contribution is 1.64. The molecule has 0 spiro atoms. The highest BCUT2D eigenvalue weighted by atomic mass is 27.2. The van der Waals surface area contributed by atoms with Crippen LogP contribution in [0.3, 0.4) is 0 Å². The third kappa shape index (κ3) is 3.11. The van der Waals surface area contributed by atoms with Crippen LogP contribution in [-0.4, -0.2) is 14.4 Å². The first-order valence-electron chi connectivity index (χ1n) is 6.85. The molecule has 2 heteroatoms.